The van der Waals surface area contributed by atoms with Crippen molar-refractivity contribution in [3.8, 4) is 5.88 Å². The van der Waals surface area contributed by atoms with Crippen LogP contribution in [0.1, 0.15) is 46.1 Å². The van der Waals surface area contributed by atoms with E-state index in [0.29, 0.717) is 0 Å². The maximum absolute atomic E-state index is 11.7. The van der Waals surface area contributed by atoms with Crippen molar-refractivity contribution in [2.24, 2.45) is 4.99 Å². The summed E-state index contributed by atoms with van der Waals surface area (Å²) in [5.74, 6) is -0.451. The Bertz CT molecular complexity index is 654. The van der Waals surface area contributed by atoms with Crippen molar-refractivity contribution in [1.29, 1.82) is 0 Å². The van der Waals surface area contributed by atoms with Crippen molar-refractivity contribution in [1.82, 2.24) is 9.97 Å². The molecule has 1 aliphatic heterocycles. The second kappa shape index (κ2) is 5.14. The van der Waals surface area contributed by atoms with Crippen molar-refractivity contribution in [3.63, 3.8) is 0 Å². The molecule has 7 heteroatoms. The van der Waals surface area contributed by atoms with Crippen LogP contribution in [0.2, 0.25) is 0 Å². The van der Waals surface area contributed by atoms with Crippen molar-refractivity contribution in [2.75, 3.05) is 0 Å². The fraction of sp³-hybridized carbons (Fsp3) is 0.643. The van der Waals surface area contributed by atoms with Crippen LogP contribution in [0.5, 0.6) is 5.88 Å². The standard InChI is InChI=1S/C14H22N4O3/c1-13(2)5-8(6-14(3,4)18-13)15-7-9-10(19)16-12(21)17-11(9)20/h7-8,18H,5-6H2,1-4H3,(H3,16,17,19,20,21)/p+1. The van der Waals surface area contributed by atoms with E-state index in [4.69, 9.17) is 0 Å². The molecule has 1 saturated heterocycles. The van der Waals surface area contributed by atoms with Gasteiger partial charge in [-0.25, -0.2) is 4.79 Å². The molecule has 2 rings (SSSR count). The number of aliphatic imine (C=N–C) groups is 1. The molecule has 1 aliphatic rings. The predicted molar refractivity (Wildman–Crippen MR) is 80.0 cm³/mol. The highest BCUT2D eigenvalue weighted by atomic mass is 16.3. The lowest BCUT2D eigenvalue weighted by molar-refractivity contribution is -0.787. The van der Waals surface area contributed by atoms with E-state index in [2.05, 4.69) is 48.0 Å². The summed E-state index contributed by atoms with van der Waals surface area (Å²) < 4.78 is 0. The van der Waals surface area contributed by atoms with Gasteiger partial charge < -0.3 is 10.4 Å². The first-order valence-electron chi connectivity index (χ1n) is 7.04. The minimum atomic E-state index is -0.732. The fourth-order valence-electron chi connectivity index (χ4n) is 3.35. The third-order valence-corrected chi connectivity index (χ3v) is 3.68. The average molecular weight is 295 g/mol. The minimum Gasteiger partial charge on any atom is -0.494 e. The van der Waals surface area contributed by atoms with Crippen molar-refractivity contribution < 1.29 is 10.4 Å². The fourth-order valence-corrected chi connectivity index (χ4v) is 3.35. The molecule has 0 aliphatic carbocycles. The quantitative estimate of drug-likeness (QED) is 0.550. The molecule has 1 aromatic heterocycles. The van der Waals surface area contributed by atoms with Crippen molar-refractivity contribution in [3.05, 3.63) is 26.4 Å². The molecule has 21 heavy (non-hydrogen) atoms. The summed E-state index contributed by atoms with van der Waals surface area (Å²) in [7, 11) is 0. The number of aromatic hydroxyl groups is 1. The number of hydrogen-bond donors (Lipinski definition) is 4. The van der Waals surface area contributed by atoms with Crippen molar-refractivity contribution in [2.45, 2.75) is 57.7 Å². The lowest BCUT2D eigenvalue weighted by atomic mass is 9.80. The van der Waals surface area contributed by atoms with Crippen LogP contribution in [-0.4, -0.2) is 38.4 Å². The summed E-state index contributed by atoms with van der Waals surface area (Å²) in [5, 5.41) is 12.0. The molecule has 0 radical (unpaired) electrons. The normalized spacial score (nSPS) is 21.7. The van der Waals surface area contributed by atoms with Gasteiger partial charge >= 0.3 is 5.69 Å². The van der Waals surface area contributed by atoms with Crippen LogP contribution in [0.15, 0.2) is 14.6 Å². The molecule has 0 saturated carbocycles. The highest BCUT2D eigenvalue weighted by Gasteiger charge is 2.41. The highest BCUT2D eigenvalue weighted by molar-refractivity contribution is 5.81. The monoisotopic (exact) mass is 295 g/mol. The first kappa shape index (κ1) is 15.5. The summed E-state index contributed by atoms with van der Waals surface area (Å²) in [4.78, 5) is 31.3. The largest absolute Gasteiger partial charge is 0.494 e. The van der Waals surface area contributed by atoms with E-state index in [0.717, 1.165) is 12.8 Å². The Labute approximate surface area is 122 Å². The van der Waals surface area contributed by atoms with Gasteiger partial charge in [-0.3, -0.25) is 19.8 Å². The van der Waals surface area contributed by atoms with Gasteiger partial charge in [-0.2, -0.15) is 0 Å². The molecule has 1 aromatic rings. The van der Waals surface area contributed by atoms with E-state index in [1.807, 2.05) is 0 Å². The molecule has 0 unspecified atom stereocenters. The molecular formula is C14H23N4O3+. The minimum absolute atomic E-state index is 0.0141. The first-order chi connectivity index (χ1) is 9.58. The van der Waals surface area contributed by atoms with E-state index in [-0.39, 0.29) is 22.7 Å². The Morgan fingerprint density at radius 2 is 1.76 bits per heavy atom. The maximum Gasteiger partial charge on any atom is 0.328 e. The maximum atomic E-state index is 11.7. The zero-order valence-corrected chi connectivity index (χ0v) is 12.9. The van der Waals surface area contributed by atoms with Gasteiger partial charge in [-0.15, -0.1) is 0 Å². The van der Waals surface area contributed by atoms with Crippen LogP contribution in [-0.2, 0) is 0 Å². The number of aromatic amines is 2. The summed E-state index contributed by atoms with van der Waals surface area (Å²) in [6, 6.07) is 0.0747. The second-order valence-electron chi connectivity index (χ2n) is 7.13. The van der Waals surface area contributed by atoms with Crippen molar-refractivity contribution >= 4 is 6.21 Å². The lowest BCUT2D eigenvalue weighted by Crippen LogP contribution is -3.05. The average Bonchev–Trinajstić information content (AvgIpc) is 2.22. The predicted octanol–water partition coefficient (Wildman–Crippen LogP) is -0.529. The second-order valence-corrected chi connectivity index (χ2v) is 7.13. The van der Waals surface area contributed by atoms with Gasteiger partial charge in [-0.1, -0.05) is 0 Å². The molecule has 0 bridgehead atoms. The zero-order chi connectivity index (χ0) is 15.8. The number of nitrogens with one attached hydrogen (secondary N) is 2. The van der Waals surface area contributed by atoms with E-state index in [9.17, 15) is 14.7 Å². The number of hydrogen-bond acceptors (Lipinski definition) is 4. The first-order valence-corrected chi connectivity index (χ1v) is 7.04. The summed E-state index contributed by atoms with van der Waals surface area (Å²) in [5.41, 5.74) is -1.24. The number of H-pyrrole nitrogens is 2. The van der Waals surface area contributed by atoms with E-state index in [1.165, 1.54) is 6.21 Å². The molecule has 0 amide bonds. The topological polar surface area (TPSA) is 115 Å². The number of nitrogens with two attached hydrogens (primary N) is 1. The van der Waals surface area contributed by atoms with Crippen LogP contribution in [0, 0.1) is 0 Å². The molecule has 5 N–H and O–H groups in total. The smallest absolute Gasteiger partial charge is 0.328 e. The van der Waals surface area contributed by atoms with Crippen LogP contribution in [0.4, 0.5) is 0 Å². The Kier molecular flexibility index (Phi) is 3.79. The molecule has 2 heterocycles. The number of nitrogens with zero attached hydrogens (tertiary/aromatic N) is 1. The van der Waals surface area contributed by atoms with Gasteiger partial charge in [0.25, 0.3) is 5.56 Å². The van der Waals surface area contributed by atoms with Crippen LogP contribution in [0.3, 0.4) is 0 Å². The number of piperidine rings is 1. The Morgan fingerprint density at radius 3 is 2.29 bits per heavy atom. The Balaban J connectivity index is 2.26. The summed E-state index contributed by atoms with van der Waals surface area (Å²) >= 11 is 0. The van der Waals surface area contributed by atoms with E-state index < -0.39 is 17.1 Å². The summed E-state index contributed by atoms with van der Waals surface area (Å²) in [6.45, 7) is 8.67. The molecule has 0 spiro atoms. The molecular weight excluding hydrogens is 272 g/mol. The molecule has 7 nitrogen and oxygen atoms in total. The van der Waals surface area contributed by atoms with Crippen LogP contribution >= 0.6 is 0 Å². The molecule has 0 atom stereocenters. The zero-order valence-electron chi connectivity index (χ0n) is 12.9. The molecule has 0 aromatic carbocycles. The molecule has 116 valence electrons. The highest BCUT2D eigenvalue weighted by Crippen LogP contribution is 2.24. The lowest BCUT2D eigenvalue weighted by Gasteiger charge is -2.41. The summed E-state index contributed by atoms with van der Waals surface area (Å²) in [6.07, 6.45) is 3.12. The van der Waals surface area contributed by atoms with Gasteiger partial charge in [0.05, 0.1) is 17.1 Å². The van der Waals surface area contributed by atoms with Gasteiger partial charge in [0.2, 0.25) is 5.88 Å². The third kappa shape index (κ3) is 3.81. The van der Waals surface area contributed by atoms with Gasteiger partial charge in [-0.05, 0) is 27.7 Å². The number of aromatic nitrogens is 2. The SMILES string of the molecule is CC1(C)CC(N=Cc2c(O)[nH]c(=O)[nH]c2=O)CC(C)(C)[NH2+]1. The molecule has 1 fully saturated rings. The third-order valence-electron chi connectivity index (χ3n) is 3.68. The van der Waals surface area contributed by atoms with E-state index in [1.54, 1.807) is 0 Å². The van der Waals surface area contributed by atoms with Gasteiger partial charge in [0, 0.05) is 19.1 Å². The van der Waals surface area contributed by atoms with Crippen LogP contribution in [0.25, 0.3) is 0 Å². The van der Waals surface area contributed by atoms with Gasteiger partial charge in [0.1, 0.15) is 5.56 Å². The Hall–Kier alpha value is -1.89. The van der Waals surface area contributed by atoms with Gasteiger partial charge in [0.15, 0.2) is 0 Å². The van der Waals surface area contributed by atoms with Crippen LogP contribution < -0.4 is 16.6 Å². The Morgan fingerprint density at radius 1 is 1.19 bits per heavy atom. The van der Waals surface area contributed by atoms with E-state index >= 15 is 0 Å². The number of quaternary nitrogens is 1. The number of rotatable bonds is 2.